The molecule has 10 heteroatoms. The molecule has 5 aromatic rings. The van der Waals surface area contributed by atoms with Gasteiger partial charge >= 0.3 is 5.97 Å². The largest absolute Gasteiger partial charge is 0.493 e. The van der Waals surface area contributed by atoms with Crippen molar-refractivity contribution >= 4 is 44.9 Å². The van der Waals surface area contributed by atoms with Crippen molar-refractivity contribution in [3.8, 4) is 34.3 Å². The smallest absolute Gasteiger partial charge is 0.343 e. The molecule has 1 amide bonds. The molecule has 5 rings (SSSR count). The molecule has 1 N–H and O–H groups in total. The molecule has 0 radical (unpaired) electrons. The standard InChI is InChI=1S/C34H28BrN3O6/c1-4-43-32-17-21(9-15-30(32)44-34(40)23-12-16-29(41-2)31(18-23)42-3)20-36-38-33(39)26-19-28(22-10-13-24(35)14-11-22)37-27-8-6-5-7-25(26)27/h5-20H,4H2,1-3H3,(H,38,39)/b36-20-. The second-order valence-corrected chi connectivity index (χ2v) is 10.3. The van der Waals surface area contributed by atoms with E-state index >= 15 is 0 Å². The zero-order valence-electron chi connectivity index (χ0n) is 24.2. The number of amides is 1. The average molecular weight is 655 g/mol. The number of fused-ring (bicyclic) bond motifs is 1. The number of hydrogen-bond acceptors (Lipinski definition) is 8. The first-order valence-corrected chi connectivity index (χ1v) is 14.4. The van der Waals surface area contributed by atoms with Crippen LogP contribution in [0.2, 0.25) is 0 Å². The first-order valence-electron chi connectivity index (χ1n) is 13.6. The van der Waals surface area contributed by atoms with E-state index < -0.39 is 5.97 Å². The number of carbonyl (C=O) groups is 2. The van der Waals surface area contributed by atoms with Crippen molar-refractivity contribution in [3.05, 3.63) is 112 Å². The molecule has 222 valence electrons. The first kappa shape index (κ1) is 30.2. The van der Waals surface area contributed by atoms with Crippen LogP contribution in [-0.4, -0.2) is 43.9 Å². The van der Waals surface area contributed by atoms with Crippen molar-refractivity contribution in [1.29, 1.82) is 0 Å². The Morgan fingerprint density at radius 3 is 2.36 bits per heavy atom. The number of hydrazone groups is 1. The molecule has 0 aliphatic carbocycles. The van der Waals surface area contributed by atoms with Crippen molar-refractivity contribution in [2.45, 2.75) is 6.92 Å². The summed E-state index contributed by atoms with van der Waals surface area (Å²) in [6.45, 7) is 2.16. The van der Waals surface area contributed by atoms with E-state index in [1.807, 2.05) is 55.5 Å². The van der Waals surface area contributed by atoms with Gasteiger partial charge in [-0.05, 0) is 73.2 Å². The molecule has 9 nitrogen and oxygen atoms in total. The van der Waals surface area contributed by atoms with Gasteiger partial charge in [-0.15, -0.1) is 0 Å². The Labute approximate surface area is 262 Å². The van der Waals surface area contributed by atoms with Crippen molar-refractivity contribution in [3.63, 3.8) is 0 Å². The van der Waals surface area contributed by atoms with Crippen LogP contribution >= 0.6 is 15.9 Å². The summed E-state index contributed by atoms with van der Waals surface area (Å²) in [5.41, 5.74) is 6.21. The Bertz CT molecular complexity index is 1860. The number of halogens is 1. The van der Waals surface area contributed by atoms with E-state index in [0.29, 0.717) is 51.6 Å². The molecule has 1 aromatic heterocycles. The van der Waals surface area contributed by atoms with Gasteiger partial charge in [0.15, 0.2) is 23.0 Å². The zero-order chi connectivity index (χ0) is 31.1. The van der Waals surface area contributed by atoms with Crippen LogP contribution in [0.4, 0.5) is 0 Å². The summed E-state index contributed by atoms with van der Waals surface area (Å²) in [5.74, 6) is 0.505. The molecule has 0 atom stereocenters. The van der Waals surface area contributed by atoms with Gasteiger partial charge in [0, 0.05) is 15.4 Å². The number of methoxy groups -OCH3 is 2. The number of ether oxygens (including phenoxy) is 4. The van der Waals surface area contributed by atoms with E-state index in [0.717, 1.165) is 10.0 Å². The van der Waals surface area contributed by atoms with Gasteiger partial charge in [-0.2, -0.15) is 5.10 Å². The van der Waals surface area contributed by atoms with Crippen LogP contribution in [0, 0.1) is 0 Å². The minimum Gasteiger partial charge on any atom is -0.493 e. The van der Waals surface area contributed by atoms with E-state index in [1.54, 1.807) is 42.5 Å². The molecule has 0 unspecified atom stereocenters. The number of aromatic nitrogens is 1. The van der Waals surface area contributed by atoms with Crippen LogP contribution in [0.15, 0.2) is 101 Å². The summed E-state index contributed by atoms with van der Waals surface area (Å²) in [5, 5.41) is 4.88. The first-order chi connectivity index (χ1) is 21.4. The van der Waals surface area contributed by atoms with E-state index in [-0.39, 0.29) is 17.2 Å². The lowest BCUT2D eigenvalue weighted by molar-refractivity contribution is 0.0727. The Morgan fingerprint density at radius 2 is 1.61 bits per heavy atom. The third-order valence-electron chi connectivity index (χ3n) is 6.57. The fraction of sp³-hybridized carbons (Fsp3) is 0.118. The number of para-hydroxylation sites is 1. The van der Waals surface area contributed by atoms with Crippen LogP contribution in [0.3, 0.4) is 0 Å². The Balaban J connectivity index is 1.34. The fourth-order valence-corrected chi connectivity index (χ4v) is 4.70. The molecule has 0 saturated heterocycles. The van der Waals surface area contributed by atoms with Gasteiger partial charge in [0.1, 0.15) is 0 Å². The minimum atomic E-state index is -0.590. The normalized spacial score (nSPS) is 10.9. The van der Waals surface area contributed by atoms with Gasteiger partial charge in [-0.3, -0.25) is 4.79 Å². The van der Waals surface area contributed by atoms with Crippen LogP contribution in [-0.2, 0) is 0 Å². The van der Waals surface area contributed by atoms with Gasteiger partial charge in [-0.1, -0.05) is 46.3 Å². The SMILES string of the molecule is CCOc1cc(/C=N\NC(=O)c2cc(-c3ccc(Br)cc3)nc3ccccc23)ccc1OC(=O)c1ccc(OC)c(OC)c1. The third kappa shape index (κ3) is 6.87. The maximum Gasteiger partial charge on any atom is 0.343 e. The highest BCUT2D eigenvalue weighted by atomic mass is 79.9. The monoisotopic (exact) mass is 653 g/mol. The number of rotatable bonds is 10. The molecular weight excluding hydrogens is 626 g/mol. The van der Waals surface area contributed by atoms with Crippen molar-refractivity contribution in [2.75, 3.05) is 20.8 Å². The molecular formula is C34H28BrN3O6. The number of esters is 1. The quantitative estimate of drug-likeness (QED) is 0.0744. The van der Waals surface area contributed by atoms with E-state index in [1.165, 1.54) is 20.4 Å². The maximum atomic E-state index is 13.3. The van der Waals surface area contributed by atoms with Crippen LogP contribution in [0.5, 0.6) is 23.0 Å². The summed E-state index contributed by atoms with van der Waals surface area (Å²) in [4.78, 5) is 30.9. The Hall–Kier alpha value is -5.22. The van der Waals surface area contributed by atoms with E-state index in [2.05, 4.69) is 26.5 Å². The average Bonchev–Trinajstić information content (AvgIpc) is 3.05. The van der Waals surface area contributed by atoms with Crippen molar-refractivity contribution in [2.24, 2.45) is 5.10 Å². The molecule has 44 heavy (non-hydrogen) atoms. The van der Waals surface area contributed by atoms with Gasteiger partial charge < -0.3 is 18.9 Å². The molecule has 0 aliphatic rings. The number of benzene rings is 4. The molecule has 4 aromatic carbocycles. The van der Waals surface area contributed by atoms with Crippen LogP contribution in [0.1, 0.15) is 33.2 Å². The lowest BCUT2D eigenvalue weighted by Gasteiger charge is -2.12. The predicted molar refractivity (Wildman–Crippen MR) is 172 cm³/mol. The lowest BCUT2D eigenvalue weighted by atomic mass is 10.0. The Morgan fingerprint density at radius 1 is 0.864 bits per heavy atom. The summed E-state index contributed by atoms with van der Waals surface area (Å²) >= 11 is 3.45. The highest BCUT2D eigenvalue weighted by Crippen LogP contribution is 2.31. The minimum absolute atomic E-state index is 0.233. The number of hydrogen-bond donors (Lipinski definition) is 1. The van der Waals surface area contributed by atoms with Gasteiger partial charge in [0.25, 0.3) is 5.91 Å². The molecule has 0 aliphatic heterocycles. The topological polar surface area (TPSA) is 108 Å². The summed E-state index contributed by atoms with van der Waals surface area (Å²) in [7, 11) is 3.01. The highest BCUT2D eigenvalue weighted by Gasteiger charge is 2.17. The molecule has 0 saturated carbocycles. The van der Waals surface area contributed by atoms with Crippen LogP contribution < -0.4 is 24.4 Å². The predicted octanol–water partition coefficient (Wildman–Crippen LogP) is 7.06. The van der Waals surface area contributed by atoms with E-state index in [9.17, 15) is 9.59 Å². The lowest BCUT2D eigenvalue weighted by Crippen LogP contribution is -2.18. The third-order valence-corrected chi connectivity index (χ3v) is 7.10. The van der Waals surface area contributed by atoms with Crippen LogP contribution in [0.25, 0.3) is 22.2 Å². The summed E-state index contributed by atoms with van der Waals surface area (Å²) < 4.78 is 22.8. The molecule has 0 spiro atoms. The highest BCUT2D eigenvalue weighted by molar-refractivity contribution is 9.10. The number of nitrogens with zero attached hydrogens (tertiary/aromatic N) is 2. The fourth-order valence-electron chi connectivity index (χ4n) is 4.44. The van der Waals surface area contributed by atoms with Crippen molar-refractivity contribution < 1.29 is 28.5 Å². The maximum absolute atomic E-state index is 13.3. The molecule has 1 heterocycles. The summed E-state index contributed by atoms with van der Waals surface area (Å²) in [6.07, 6.45) is 1.49. The van der Waals surface area contributed by atoms with Gasteiger partial charge in [0.2, 0.25) is 0 Å². The summed E-state index contributed by atoms with van der Waals surface area (Å²) in [6, 6.07) is 26.7. The number of carbonyl (C=O) groups excluding carboxylic acids is 2. The number of nitrogens with one attached hydrogen (secondary N) is 1. The molecule has 0 fully saturated rings. The zero-order valence-corrected chi connectivity index (χ0v) is 25.8. The van der Waals surface area contributed by atoms with Gasteiger partial charge in [-0.25, -0.2) is 15.2 Å². The second-order valence-electron chi connectivity index (χ2n) is 9.38. The molecule has 0 bridgehead atoms. The van der Waals surface area contributed by atoms with Crippen molar-refractivity contribution in [1.82, 2.24) is 10.4 Å². The van der Waals surface area contributed by atoms with Gasteiger partial charge in [0.05, 0.1) is 49.4 Å². The Kier molecular flexibility index (Phi) is 9.51. The van der Waals surface area contributed by atoms with E-state index in [4.69, 9.17) is 23.9 Å². The second kappa shape index (κ2) is 13.8. The number of pyridine rings is 1.